The van der Waals surface area contributed by atoms with Crippen molar-refractivity contribution in [3.05, 3.63) is 47.9 Å². The van der Waals surface area contributed by atoms with Crippen LogP contribution in [0.2, 0.25) is 0 Å². The number of rotatable bonds is 9. The molecule has 1 aromatic carbocycles. The summed E-state index contributed by atoms with van der Waals surface area (Å²) in [5.41, 5.74) is 1.25. The topological polar surface area (TPSA) is 89.8 Å². The number of amides is 2. The summed E-state index contributed by atoms with van der Waals surface area (Å²) in [4.78, 5) is 23.9. The number of ether oxygens (including phenoxy) is 2. The highest BCUT2D eigenvalue weighted by atomic mass is 16.5. The summed E-state index contributed by atoms with van der Waals surface area (Å²) in [7, 11) is 0. The van der Waals surface area contributed by atoms with E-state index in [1.807, 2.05) is 39.0 Å². The molecule has 0 fully saturated rings. The van der Waals surface area contributed by atoms with E-state index < -0.39 is 0 Å². The van der Waals surface area contributed by atoms with E-state index in [9.17, 15) is 9.59 Å². The minimum atomic E-state index is -0.360. The van der Waals surface area contributed by atoms with Crippen LogP contribution in [0, 0.1) is 0 Å². The van der Waals surface area contributed by atoms with E-state index in [1.54, 1.807) is 0 Å². The fourth-order valence-electron chi connectivity index (χ4n) is 2.37. The van der Waals surface area contributed by atoms with Crippen LogP contribution in [0.25, 0.3) is 0 Å². The third-order valence-electron chi connectivity index (χ3n) is 3.64. The van der Waals surface area contributed by atoms with E-state index in [4.69, 9.17) is 13.9 Å². The molecule has 2 rings (SSSR count). The Bertz CT molecular complexity index is 728. The number of benzene rings is 1. The van der Waals surface area contributed by atoms with Crippen LogP contribution in [0.15, 0.2) is 41.2 Å². The number of furan rings is 1. The van der Waals surface area contributed by atoms with Crippen LogP contribution in [-0.2, 0) is 4.79 Å². The number of nitrogens with one attached hydrogen (secondary N) is 2. The predicted octanol–water partition coefficient (Wildman–Crippen LogP) is 2.68. The second-order valence-electron chi connectivity index (χ2n) is 5.56. The molecule has 7 nitrogen and oxygen atoms in total. The van der Waals surface area contributed by atoms with Gasteiger partial charge in [0.05, 0.1) is 37.6 Å². The molecule has 2 N–H and O–H groups in total. The molecular weight excluding hydrogens is 336 g/mol. The third-order valence-corrected chi connectivity index (χ3v) is 3.64. The summed E-state index contributed by atoms with van der Waals surface area (Å²) in [6.45, 7) is 6.61. The largest absolute Gasteiger partial charge is 0.490 e. The summed E-state index contributed by atoms with van der Waals surface area (Å²) < 4.78 is 16.0. The van der Waals surface area contributed by atoms with Crippen molar-refractivity contribution in [1.82, 2.24) is 10.6 Å². The smallest absolute Gasteiger partial charge is 0.254 e. The average molecular weight is 360 g/mol. The molecule has 0 aliphatic heterocycles. The Morgan fingerprint density at radius 2 is 1.85 bits per heavy atom. The molecule has 1 unspecified atom stereocenters. The molecule has 0 saturated carbocycles. The number of carbonyl (C=O) groups excluding carboxylic acids is 2. The van der Waals surface area contributed by atoms with Gasteiger partial charge in [0.1, 0.15) is 6.26 Å². The molecule has 0 spiro atoms. The van der Waals surface area contributed by atoms with Crippen molar-refractivity contribution < 1.29 is 23.5 Å². The molecule has 1 atom stereocenters. The molecule has 0 radical (unpaired) electrons. The highest BCUT2D eigenvalue weighted by Crippen LogP contribution is 2.30. The minimum absolute atomic E-state index is 0.121. The fourth-order valence-corrected chi connectivity index (χ4v) is 2.37. The van der Waals surface area contributed by atoms with Gasteiger partial charge in [0.25, 0.3) is 5.91 Å². The molecule has 26 heavy (non-hydrogen) atoms. The van der Waals surface area contributed by atoms with Crippen molar-refractivity contribution in [3.8, 4) is 11.5 Å². The molecular formula is C19H24N2O5. The van der Waals surface area contributed by atoms with E-state index in [-0.39, 0.29) is 24.4 Å². The van der Waals surface area contributed by atoms with Crippen LogP contribution in [0.4, 0.5) is 0 Å². The molecule has 0 aliphatic rings. The third kappa shape index (κ3) is 5.27. The van der Waals surface area contributed by atoms with Crippen LogP contribution >= 0.6 is 0 Å². The Morgan fingerprint density at radius 3 is 2.50 bits per heavy atom. The van der Waals surface area contributed by atoms with Crippen molar-refractivity contribution in [2.24, 2.45) is 0 Å². The van der Waals surface area contributed by atoms with Crippen LogP contribution < -0.4 is 20.1 Å². The van der Waals surface area contributed by atoms with E-state index in [2.05, 4.69) is 10.6 Å². The van der Waals surface area contributed by atoms with E-state index in [0.29, 0.717) is 30.3 Å². The van der Waals surface area contributed by atoms with Gasteiger partial charge in [-0.1, -0.05) is 6.07 Å². The van der Waals surface area contributed by atoms with Crippen LogP contribution in [0.5, 0.6) is 11.5 Å². The highest BCUT2D eigenvalue weighted by Gasteiger charge is 2.14. The second-order valence-corrected chi connectivity index (χ2v) is 5.56. The lowest BCUT2D eigenvalue weighted by atomic mass is 10.1. The van der Waals surface area contributed by atoms with E-state index in [0.717, 1.165) is 5.56 Å². The summed E-state index contributed by atoms with van der Waals surface area (Å²) in [6, 6.07) is 6.84. The molecule has 0 aliphatic carbocycles. The van der Waals surface area contributed by atoms with Gasteiger partial charge in [-0.15, -0.1) is 0 Å². The Balaban J connectivity index is 1.93. The number of carbonyl (C=O) groups is 2. The summed E-state index contributed by atoms with van der Waals surface area (Å²) in [6.07, 6.45) is 2.73. The molecule has 1 aromatic heterocycles. The maximum Gasteiger partial charge on any atom is 0.254 e. The van der Waals surface area contributed by atoms with Gasteiger partial charge in [-0.25, -0.2) is 0 Å². The Kier molecular flexibility index (Phi) is 7.08. The molecule has 7 heteroatoms. The lowest BCUT2D eigenvalue weighted by molar-refractivity contribution is -0.120. The zero-order valence-electron chi connectivity index (χ0n) is 15.2. The van der Waals surface area contributed by atoms with Crippen LogP contribution in [0.1, 0.15) is 42.7 Å². The number of hydrogen-bond donors (Lipinski definition) is 2. The normalized spacial score (nSPS) is 11.5. The van der Waals surface area contributed by atoms with Gasteiger partial charge in [-0.2, -0.15) is 0 Å². The van der Waals surface area contributed by atoms with Crippen molar-refractivity contribution in [2.45, 2.75) is 26.8 Å². The lowest BCUT2D eigenvalue weighted by Gasteiger charge is -2.17. The molecule has 0 bridgehead atoms. The average Bonchev–Trinajstić information content (AvgIpc) is 3.16. The van der Waals surface area contributed by atoms with Crippen molar-refractivity contribution in [1.29, 1.82) is 0 Å². The summed E-state index contributed by atoms with van der Waals surface area (Å²) in [5, 5.41) is 5.39. The Labute approximate surface area is 152 Å². The molecule has 140 valence electrons. The second kappa shape index (κ2) is 9.50. The lowest BCUT2D eigenvalue weighted by Crippen LogP contribution is -2.37. The Morgan fingerprint density at radius 1 is 1.12 bits per heavy atom. The fraction of sp³-hybridized carbons (Fsp3) is 0.368. The van der Waals surface area contributed by atoms with Crippen molar-refractivity contribution >= 4 is 11.8 Å². The SMILES string of the molecule is CCOc1ccc(C(C)NC(=O)CNC(=O)c2ccoc2)cc1OCC. The van der Waals surface area contributed by atoms with E-state index in [1.165, 1.54) is 18.6 Å². The van der Waals surface area contributed by atoms with Crippen LogP contribution in [0.3, 0.4) is 0 Å². The van der Waals surface area contributed by atoms with Crippen molar-refractivity contribution in [3.63, 3.8) is 0 Å². The molecule has 1 heterocycles. The van der Waals surface area contributed by atoms with Gasteiger partial charge in [-0.3, -0.25) is 9.59 Å². The number of hydrogen-bond acceptors (Lipinski definition) is 5. The van der Waals surface area contributed by atoms with Crippen LogP contribution in [-0.4, -0.2) is 31.6 Å². The van der Waals surface area contributed by atoms with Crippen molar-refractivity contribution in [2.75, 3.05) is 19.8 Å². The predicted molar refractivity (Wildman–Crippen MR) is 96.4 cm³/mol. The molecule has 2 aromatic rings. The molecule has 0 saturated heterocycles. The first-order chi connectivity index (χ1) is 12.5. The van der Waals surface area contributed by atoms with Gasteiger partial charge >= 0.3 is 0 Å². The first kappa shape index (κ1) is 19.4. The first-order valence-electron chi connectivity index (χ1n) is 8.54. The monoisotopic (exact) mass is 360 g/mol. The Hall–Kier alpha value is -2.96. The first-order valence-corrected chi connectivity index (χ1v) is 8.54. The maximum atomic E-state index is 12.1. The minimum Gasteiger partial charge on any atom is -0.490 e. The van der Waals surface area contributed by atoms with Gasteiger partial charge in [0.2, 0.25) is 5.91 Å². The zero-order chi connectivity index (χ0) is 18.9. The zero-order valence-corrected chi connectivity index (χ0v) is 15.2. The van der Waals surface area contributed by atoms with E-state index >= 15 is 0 Å². The summed E-state index contributed by atoms with van der Waals surface area (Å²) in [5.74, 6) is 0.660. The van der Waals surface area contributed by atoms with Gasteiger partial charge in [0, 0.05) is 0 Å². The van der Waals surface area contributed by atoms with Gasteiger partial charge in [0.15, 0.2) is 11.5 Å². The van der Waals surface area contributed by atoms with Gasteiger partial charge in [-0.05, 0) is 44.5 Å². The quantitative estimate of drug-likeness (QED) is 0.718. The molecule has 2 amide bonds. The maximum absolute atomic E-state index is 12.1. The summed E-state index contributed by atoms with van der Waals surface area (Å²) >= 11 is 0. The van der Waals surface area contributed by atoms with Gasteiger partial charge < -0.3 is 24.5 Å². The highest BCUT2D eigenvalue weighted by molar-refractivity contribution is 5.96. The standard InChI is InChI=1S/C19H24N2O5/c1-4-25-16-7-6-14(10-17(16)26-5-2)13(3)21-18(22)11-20-19(23)15-8-9-24-12-15/h6-10,12-13H,4-5,11H2,1-3H3,(H,20,23)(H,21,22).